The summed E-state index contributed by atoms with van der Waals surface area (Å²) in [6.07, 6.45) is 0. The first-order valence-corrected chi connectivity index (χ1v) is 16.6. The number of para-hydroxylation sites is 2. The van der Waals surface area contributed by atoms with E-state index in [1.165, 1.54) is 27.5 Å². The third-order valence-corrected chi connectivity index (χ3v) is 9.65. The van der Waals surface area contributed by atoms with E-state index < -0.39 is 0 Å². The lowest BCUT2D eigenvalue weighted by atomic mass is 9.93. The fourth-order valence-electron chi connectivity index (χ4n) is 7.29. The van der Waals surface area contributed by atoms with Crippen molar-refractivity contribution in [1.82, 2.24) is 0 Å². The van der Waals surface area contributed by atoms with Gasteiger partial charge in [-0.2, -0.15) is 0 Å². The van der Waals surface area contributed by atoms with Crippen molar-refractivity contribution in [2.24, 2.45) is 0 Å². The van der Waals surface area contributed by atoms with Crippen LogP contribution in [0.5, 0.6) is 0 Å². The van der Waals surface area contributed by atoms with Crippen molar-refractivity contribution in [3.63, 3.8) is 0 Å². The number of hydrogen-bond donors (Lipinski definition) is 0. The Morgan fingerprint density at radius 3 is 1.45 bits per heavy atom. The number of benzene rings is 8. The van der Waals surface area contributed by atoms with Gasteiger partial charge in [-0.25, -0.2) is 0 Å². The van der Waals surface area contributed by atoms with Gasteiger partial charge in [0.1, 0.15) is 22.3 Å². The molecule has 0 aliphatic carbocycles. The van der Waals surface area contributed by atoms with Gasteiger partial charge in [-0.15, -0.1) is 0 Å². The maximum atomic E-state index is 6.34. The molecule has 49 heavy (non-hydrogen) atoms. The minimum absolute atomic E-state index is 0.856. The zero-order valence-electron chi connectivity index (χ0n) is 26.5. The summed E-state index contributed by atoms with van der Waals surface area (Å²) < 4.78 is 12.7. The topological polar surface area (TPSA) is 29.5 Å². The van der Waals surface area contributed by atoms with E-state index in [0.717, 1.165) is 66.5 Å². The van der Waals surface area contributed by atoms with Crippen LogP contribution in [0.25, 0.3) is 76.9 Å². The van der Waals surface area contributed by atoms with E-state index in [4.69, 9.17) is 8.83 Å². The summed E-state index contributed by atoms with van der Waals surface area (Å²) in [6, 6.07) is 62.1. The summed E-state index contributed by atoms with van der Waals surface area (Å²) in [7, 11) is 0. The predicted octanol–water partition coefficient (Wildman–Crippen LogP) is 13.4. The molecule has 0 saturated carbocycles. The highest BCUT2D eigenvalue weighted by Gasteiger charge is 2.18. The van der Waals surface area contributed by atoms with E-state index in [0.29, 0.717) is 0 Å². The lowest BCUT2D eigenvalue weighted by molar-refractivity contribution is 0.669. The molecule has 10 aromatic rings. The Labute approximate surface area is 282 Å². The Morgan fingerprint density at radius 2 is 0.816 bits per heavy atom. The lowest BCUT2D eigenvalue weighted by Crippen LogP contribution is -2.09. The SMILES string of the molecule is c1ccc(-c2cc(-c3ccc(N(c4ccc5c(c4)oc4ccccc45)c4ccc5c(c4)oc4ccccc45)cc3)cc3ccccc23)cc1. The van der Waals surface area contributed by atoms with Gasteiger partial charge in [0.2, 0.25) is 0 Å². The van der Waals surface area contributed by atoms with E-state index in [2.05, 4.69) is 157 Å². The molecule has 3 heteroatoms. The van der Waals surface area contributed by atoms with E-state index in [1.54, 1.807) is 0 Å². The molecule has 0 aliphatic rings. The number of anilines is 3. The minimum Gasteiger partial charge on any atom is -0.456 e. The highest BCUT2D eigenvalue weighted by molar-refractivity contribution is 6.08. The monoisotopic (exact) mass is 627 g/mol. The van der Waals surface area contributed by atoms with Crippen LogP contribution in [0.15, 0.2) is 185 Å². The zero-order chi connectivity index (χ0) is 32.3. The number of hydrogen-bond acceptors (Lipinski definition) is 3. The molecule has 0 saturated heterocycles. The second-order valence-corrected chi connectivity index (χ2v) is 12.6. The summed E-state index contributed by atoms with van der Waals surface area (Å²) in [5.74, 6) is 0. The third kappa shape index (κ3) is 4.59. The highest BCUT2D eigenvalue weighted by Crippen LogP contribution is 2.42. The van der Waals surface area contributed by atoms with E-state index in [-0.39, 0.29) is 0 Å². The summed E-state index contributed by atoms with van der Waals surface area (Å²) in [6.45, 7) is 0. The van der Waals surface area contributed by atoms with Gasteiger partial charge in [0.15, 0.2) is 0 Å². The number of rotatable bonds is 5. The first kappa shape index (κ1) is 27.5. The fraction of sp³-hybridized carbons (Fsp3) is 0. The molecule has 0 radical (unpaired) electrons. The first-order valence-electron chi connectivity index (χ1n) is 16.6. The van der Waals surface area contributed by atoms with Crippen molar-refractivity contribution in [1.29, 1.82) is 0 Å². The van der Waals surface area contributed by atoms with E-state index in [1.807, 2.05) is 24.3 Å². The molecular weight excluding hydrogens is 599 g/mol. The maximum absolute atomic E-state index is 6.34. The van der Waals surface area contributed by atoms with Gasteiger partial charge in [0.25, 0.3) is 0 Å². The van der Waals surface area contributed by atoms with Crippen molar-refractivity contribution in [3.8, 4) is 22.3 Å². The lowest BCUT2D eigenvalue weighted by Gasteiger charge is -2.25. The van der Waals surface area contributed by atoms with Gasteiger partial charge in [-0.3, -0.25) is 0 Å². The van der Waals surface area contributed by atoms with Crippen LogP contribution in [0, 0.1) is 0 Å². The normalized spacial score (nSPS) is 11.7. The van der Waals surface area contributed by atoms with Crippen molar-refractivity contribution < 1.29 is 8.83 Å². The molecule has 0 unspecified atom stereocenters. The molecule has 0 spiro atoms. The molecule has 0 N–H and O–H groups in total. The van der Waals surface area contributed by atoms with Crippen LogP contribution in [-0.4, -0.2) is 0 Å². The van der Waals surface area contributed by atoms with Gasteiger partial charge in [-0.05, 0) is 93.7 Å². The molecule has 10 rings (SSSR count). The summed E-state index contributed by atoms with van der Waals surface area (Å²) in [5.41, 5.74) is 11.3. The minimum atomic E-state index is 0.856. The van der Waals surface area contributed by atoms with Gasteiger partial charge in [0.05, 0.1) is 0 Å². The second kappa shape index (κ2) is 11.0. The van der Waals surface area contributed by atoms with Crippen LogP contribution in [0.1, 0.15) is 0 Å². The quantitative estimate of drug-likeness (QED) is 0.190. The van der Waals surface area contributed by atoms with Crippen molar-refractivity contribution in [3.05, 3.63) is 176 Å². The summed E-state index contributed by atoms with van der Waals surface area (Å²) >= 11 is 0. The molecule has 0 aliphatic heterocycles. The molecule has 0 bridgehead atoms. The standard InChI is InChI=1S/C46H29NO2/c1-2-10-31(11-3-1)42-27-33(26-32-12-4-5-13-37(32)42)30-18-20-34(21-19-30)47(35-22-24-40-38-14-6-8-16-43(38)48-45(40)28-35)36-23-25-41-39-15-7-9-17-44(39)49-46(41)29-36/h1-29H. The Hall–Kier alpha value is -6.58. The van der Waals surface area contributed by atoms with Gasteiger partial charge < -0.3 is 13.7 Å². The second-order valence-electron chi connectivity index (χ2n) is 12.6. The number of fused-ring (bicyclic) bond motifs is 7. The smallest absolute Gasteiger partial charge is 0.137 e. The molecule has 0 atom stereocenters. The Morgan fingerprint density at radius 1 is 0.306 bits per heavy atom. The van der Waals surface area contributed by atoms with Crippen molar-refractivity contribution in [2.45, 2.75) is 0 Å². The average molecular weight is 628 g/mol. The Bertz CT molecular complexity index is 2710. The molecular formula is C46H29NO2. The molecule has 2 aromatic heterocycles. The van der Waals surface area contributed by atoms with Crippen LogP contribution in [0.2, 0.25) is 0 Å². The van der Waals surface area contributed by atoms with Gasteiger partial charge in [0, 0.05) is 50.7 Å². The molecule has 0 fully saturated rings. The highest BCUT2D eigenvalue weighted by atomic mass is 16.3. The van der Waals surface area contributed by atoms with E-state index >= 15 is 0 Å². The van der Waals surface area contributed by atoms with Crippen LogP contribution in [0.4, 0.5) is 17.1 Å². The first-order chi connectivity index (χ1) is 24.3. The summed E-state index contributed by atoms with van der Waals surface area (Å²) in [5, 5.41) is 6.92. The van der Waals surface area contributed by atoms with Crippen LogP contribution in [-0.2, 0) is 0 Å². The maximum Gasteiger partial charge on any atom is 0.137 e. The fourth-order valence-corrected chi connectivity index (χ4v) is 7.29. The summed E-state index contributed by atoms with van der Waals surface area (Å²) in [4.78, 5) is 2.28. The molecule has 230 valence electrons. The average Bonchev–Trinajstić information content (AvgIpc) is 3.73. The molecule has 2 heterocycles. The number of nitrogens with zero attached hydrogens (tertiary/aromatic N) is 1. The van der Waals surface area contributed by atoms with Crippen LogP contribution in [0.3, 0.4) is 0 Å². The van der Waals surface area contributed by atoms with Crippen molar-refractivity contribution >= 4 is 71.7 Å². The van der Waals surface area contributed by atoms with Gasteiger partial charge in [-0.1, -0.05) is 103 Å². The molecule has 0 amide bonds. The zero-order valence-corrected chi connectivity index (χ0v) is 26.5. The number of furan rings is 2. The third-order valence-electron chi connectivity index (χ3n) is 9.65. The molecule has 8 aromatic carbocycles. The largest absolute Gasteiger partial charge is 0.456 e. The van der Waals surface area contributed by atoms with Crippen LogP contribution < -0.4 is 4.90 Å². The predicted molar refractivity (Wildman–Crippen MR) is 204 cm³/mol. The Kier molecular flexibility index (Phi) is 6.18. The molecule has 3 nitrogen and oxygen atoms in total. The van der Waals surface area contributed by atoms with Gasteiger partial charge >= 0.3 is 0 Å². The Balaban J connectivity index is 1.12. The van der Waals surface area contributed by atoms with Crippen LogP contribution >= 0.6 is 0 Å². The van der Waals surface area contributed by atoms with E-state index in [9.17, 15) is 0 Å². The van der Waals surface area contributed by atoms with Crippen molar-refractivity contribution in [2.75, 3.05) is 4.90 Å².